The Kier molecular flexibility index (Phi) is 4.55. The van der Waals surface area contributed by atoms with Crippen LogP contribution in [-0.2, 0) is 0 Å². The van der Waals surface area contributed by atoms with Crippen molar-refractivity contribution in [3.63, 3.8) is 0 Å². The zero-order valence-corrected chi connectivity index (χ0v) is 11.6. The molecular weight excluding hydrogens is 244 g/mol. The van der Waals surface area contributed by atoms with Crippen molar-refractivity contribution in [2.75, 3.05) is 44.2 Å². The molecule has 1 fully saturated rings. The number of aliphatic hydroxyl groups is 1. The fourth-order valence-corrected chi connectivity index (χ4v) is 2.35. The molecule has 19 heavy (non-hydrogen) atoms. The van der Waals surface area contributed by atoms with Crippen molar-refractivity contribution in [1.29, 1.82) is 0 Å². The van der Waals surface area contributed by atoms with Gasteiger partial charge in [0.2, 0.25) is 5.95 Å². The van der Waals surface area contributed by atoms with Crippen LogP contribution >= 0.6 is 0 Å². The minimum atomic E-state index is -0.0844. The Hall–Kier alpha value is -1.40. The molecule has 2 heterocycles. The number of nitrogens with one attached hydrogen (secondary N) is 2. The number of rotatable bonds is 4. The zero-order chi connectivity index (χ0) is 13.8. The number of hydrogen-bond donors (Lipinski definition) is 3. The van der Waals surface area contributed by atoms with E-state index in [2.05, 4.69) is 14.9 Å². The van der Waals surface area contributed by atoms with Crippen molar-refractivity contribution in [3.05, 3.63) is 22.1 Å². The molecule has 1 aliphatic rings. The van der Waals surface area contributed by atoms with Gasteiger partial charge in [-0.2, -0.15) is 0 Å². The van der Waals surface area contributed by atoms with Crippen molar-refractivity contribution in [3.8, 4) is 0 Å². The molecule has 2 rings (SSSR count). The Morgan fingerprint density at radius 1 is 1.47 bits per heavy atom. The summed E-state index contributed by atoms with van der Waals surface area (Å²) >= 11 is 0. The van der Waals surface area contributed by atoms with Crippen LogP contribution in [0.2, 0.25) is 0 Å². The lowest BCUT2D eigenvalue weighted by Gasteiger charge is -2.32. The van der Waals surface area contributed by atoms with Crippen LogP contribution in [0.5, 0.6) is 0 Å². The van der Waals surface area contributed by atoms with Crippen LogP contribution < -0.4 is 15.4 Å². The molecule has 0 bridgehead atoms. The fraction of sp³-hybridized carbons (Fsp3) is 0.692. The lowest BCUT2D eigenvalue weighted by Crippen LogP contribution is -3.15. The quantitative estimate of drug-likeness (QED) is 0.627. The maximum atomic E-state index is 11.7. The molecule has 1 aromatic heterocycles. The van der Waals surface area contributed by atoms with E-state index in [-0.39, 0.29) is 18.1 Å². The summed E-state index contributed by atoms with van der Waals surface area (Å²) in [7, 11) is 0. The number of piperazine rings is 1. The molecular formula is C13H23N4O2+. The highest BCUT2D eigenvalue weighted by Crippen LogP contribution is 2.12. The van der Waals surface area contributed by atoms with Gasteiger partial charge in [0.15, 0.2) is 0 Å². The summed E-state index contributed by atoms with van der Waals surface area (Å²) in [6.07, 6.45) is 0. The number of H-pyrrole nitrogens is 1. The summed E-state index contributed by atoms with van der Waals surface area (Å²) in [5.74, 6) is 0.932. The average molecular weight is 267 g/mol. The molecule has 6 nitrogen and oxygen atoms in total. The van der Waals surface area contributed by atoms with Gasteiger partial charge < -0.3 is 14.9 Å². The minimum Gasteiger partial charge on any atom is -0.391 e. The topological polar surface area (TPSA) is 73.7 Å². The maximum absolute atomic E-state index is 11.7. The fourth-order valence-electron chi connectivity index (χ4n) is 2.35. The van der Waals surface area contributed by atoms with Crippen molar-refractivity contribution < 1.29 is 10.0 Å². The number of aromatic amines is 1. The molecule has 0 atom stereocenters. The zero-order valence-electron chi connectivity index (χ0n) is 11.6. The van der Waals surface area contributed by atoms with Crippen LogP contribution in [0, 0.1) is 0 Å². The summed E-state index contributed by atoms with van der Waals surface area (Å²) in [5.41, 5.74) is 0.753. The monoisotopic (exact) mass is 267 g/mol. The molecule has 1 aromatic rings. The molecule has 1 aliphatic heterocycles. The Balaban J connectivity index is 2.09. The molecule has 0 amide bonds. The largest absolute Gasteiger partial charge is 0.391 e. The molecule has 0 aliphatic carbocycles. The molecule has 1 saturated heterocycles. The third-order valence-corrected chi connectivity index (χ3v) is 3.58. The first-order valence-corrected chi connectivity index (χ1v) is 6.91. The highest BCUT2D eigenvalue weighted by molar-refractivity contribution is 5.31. The lowest BCUT2D eigenvalue weighted by molar-refractivity contribution is -0.900. The third-order valence-electron chi connectivity index (χ3n) is 3.58. The molecule has 0 aromatic carbocycles. The van der Waals surface area contributed by atoms with E-state index in [1.165, 1.54) is 4.90 Å². The van der Waals surface area contributed by atoms with Crippen LogP contribution in [0.3, 0.4) is 0 Å². The maximum Gasteiger partial charge on any atom is 0.252 e. The normalized spacial score (nSPS) is 17.2. The van der Waals surface area contributed by atoms with E-state index >= 15 is 0 Å². The highest BCUT2D eigenvalue weighted by atomic mass is 16.3. The predicted molar refractivity (Wildman–Crippen MR) is 73.8 cm³/mol. The second-order valence-electron chi connectivity index (χ2n) is 5.36. The van der Waals surface area contributed by atoms with Gasteiger partial charge in [-0.1, -0.05) is 13.8 Å². The second kappa shape index (κ2) is 6.16. The van der Waals surface area contributed by atoms with Gasteiger partial charge in [-0.05, 0) is 5.92 Å². The van der Waals surface area contributed by atoms with Gasteiger partial charge in [0.1, 0.15) is 6.54 Å². The van der Waals surface area contributed by atoms with Crippen molar-refractivity contribution in [2.24, 2.45) is 0 Å². The van der Waals surface area contributed by atoms with E-state index in [0.29, 0.717) is 5.95 Å². The van der Waals surface area contributed by atoms with Gasteiger partial charge in [-0.25, -0.2) is 4.98 Å². The summed E-state index contributed by atoms with van der Waals surface area (Å²) in [4.78, 5) is 22.5. The summed E-state index contributed by atoms with van der Waals surface area (Å²) in [6, 6.07) is 1.57. The Bertz CT molecular complexity index is 464. The van der Waals surface area contributed by atoms with Crippen LogP contribution in [0.1, 0.15) is 25.5 Å². The molecule has 0 radical (unpaired) electrons. The van der Waals surface area contributed by atoms with Gasteiger partial charge >= 0.3 is 0 Å². The Labute approximate surface area is 113 Å². The van der Waals surface area contributed by atoms with Crippen molar-refractivity contribution in [1.82, 2.24) is 9.97 Å². The standard InChI is InChI=1S/C13H22N4O2/c1-10(2)11-9-12(19)15-13(14-11)17-5-3-16(4-6-17)7-8-18/h9-10,18H,3-8H2,1-2H3,(H,14,15,19)/p+1. The van der Waals surface area contributed by atoms with E-state index in [0.717, 1.165) is 38.4 Å². The Morgan fingerprint density at radius 3 is 2.74 bits per heavy atom. The van der Waals surface area contributed by atoms with E-state index in [4.69, 9.17) is 5.11 Å². The first-order chi connectivity index (χ1) is 9.10. The molecule has 0 saturated carbocycles. The van der Waals surface area contributed by atoms with E-state index in [1.54, 1.807) is 6.07 Å². The number of nitrogens with zero attached hydrogens (tertiary/aromatic N) is 2. The average Bonchev–Trinajstić information content (AvgIpc) is 2.39. The summed E-state index contributed by atoms with van der Waals surface area (Å²) in [6.45, 7) is 8.76. The van der Waals surface area contributed by atoms with Crippen LogP contribution in [-0.4, -0.2) is 54.4 Å². The summed E-state index contributed by atoms with van der Waals surface area (Å²) in [5, 5.41) is 8.94. The second-order valence-corrected chi connectivity index (χ2v) is 5.36. The van der Waals surface area contributed by atoms with Crippen molar-refractivity contribution in [2.45, 2.75) is 19.8 Å². The number of aliphatic hydroxyl groups excluding tert-OH is 1. The van der Waals surface area contributed by atoms with Crippen molar-refractivity contribution >= 4 is 5.95 Å². The minimum absolute atomic E-state index is 0.0844. The van der Waals surface area contributed by atoms with E-state index in [9.17, 15) is 4.79 Å². The number of anilines is 1. The predicted octanol–water partition coefficient (Wildman–Crippen LogP) is -1.41. The van der Waals surface area contributed by atoms with Crippen LogP contribution in [0.4, 0.5) is 5.95 Å². The van der Waals surface area contributed by atoms with Gasteiger partial charge in [0, 0.05) is 6.07 Å². The highest BCUT2D eigenvalue weighted by Gasteiger charge is 2.21. The first kappa shape index (κ1) is 14.0. The van der Waals surface area contributed by atoms with Crippen LogP contribution in [0.25, 0.3) is 0 Å². The number of quaternary nitrogens is 1. The van der Waals surface area contributed by atoms with Gasteiger partial charge in [0.25, 0.3) is 5.56 Å². The first-order valence-electron chi connectivity index (χ1n) is 6.91. The molecule has 3 N–H and O–H groups in total. The summed E-state index contributed by atoms with van der Waals surface area (Å²) < 4.78 is 0. The smallest absolute Gasteiger partial charge is 0.252 e. The van der Waals surface area contributed by atoms with Gasteiger partial charge in [-0.15, -0.1) is 0 Å². The van der Waals surface area contributed by atoms with Gasteiger partial charge in [-0.3, -0.25) is 9.78 Å². The number of hydrogen-bond acceptors (Lipinski definition) is 4. The SMILES string of the molecule is CC(C)c1cc(=O)[nH]c(N2CC[NH+](CCO)CC2)n1. The third kappa shape index (κ3) is 3.54. The van der Waals surface area contributed by atoms with E-state index in [1.807, 2.05) is 13.8 Å². The van der Waals surface area contributed by atoms with E-state index < -0.39 is 0 Å². The molecule has 106 valence electrons. The molecule has 0 spiro atoms. The van der Waals surface area contributed by atoms with Gasteiger partial charge in [0.05, 0.1) is 38.5 Å². The van der Waals surface area contributed by atoms with Crippen LogP contribution in [0.15, 0.2) is 10.9 Å². The lowest BCUT2D eigenvalue weighted by atomic mass is 10.1. The molecule has 6 heteroatoms. The number of aromatic nitrogens is 2. The molecule has 0 unspecified atom stereocenters. The Morgan fingerprint density at radius 2 is 2.16 bits per heavy atom.